The molecule has 2 aromatic rings. The number of carbonyl (C=O) groups excluding carboxylic acids is 1. The summed E-state index contributed by atoms with van der Waals surface area (Å²) in [6.07, 6.45) is -43.3. The largest absolute Gasteiger partial charge is 0.460 e. The fourth-order valence-corrected chi connectivity index (χ4v) is 10.3. The molecular formula is C50H60F35N6O16S2+. The quantitative estimate of drug-likeness (QED) is 0.0113. The predicted octanol–water partition coefficient (Wildman–Crippen LogP) is 10.0. The summed E-state index contributed by atoms with van der Waals surface area (Å²) >= 11 is 0. The lowest BCUT2D eigenvalue weighted by Crippen LogP contribution is -2.75. The maximum Gasteiger partial charge on any atom is 0.460 e. The number of aromatic amines is 2. The van der Waals surface area contributed by atoms with Crippen molar-refractivity contribution in [3.8, 4) is 0 Å². The molecule has 4 heterocycles. The molecular weight excluding hydrogens is 1670 g/mol. The van der Waals surface area contributed by atoms with Crippen LogP contribution < -0.4 is 27.8 Å². The number of hydrogen-bond donors (Lipinski definition) is 7. The van der Waals surface area contributed by atoms with Gasteiger partial charge in [0, 0.05) is 44.6 Å². The number of nitrogens with one attached hydrogen (secondary N) is 3. The third-order valence-corrected chi connectivity index (χ3v) is 16.3. The van der Waals surface area contributed by atoms with Crippen molar-refractivity contribution in [1.29, 1.82) is 0 Å². The normalized spacial score (nSPS) is 20.8. The summed E-state index contributed by atoms with van der Waals surface area (Å²) < 4.78 is 502. The summed E-state index contributed by atoms with van der Waals surface area (Å²) in [6.45, 7) is 4.24. The first-order valence-corrected chi connectivity index (χ1v) is 31.3. The van der Waals surface area contributed by atoms with Crippen LogP contribution in [0.15, 0.2) is 43.7 Å². The minimum atomic E-state index is -9.51. The highest BCUT2D eigenvalue weighted by molar-refractivity contribution is 8.76. The van der Waals surface area contributed by atoms with Crippen molar-refractivity contribution in [3.05, 3.63) is 66.2 Å². The molecule has 2 aromatic heterocycles. The summed E-state index contributed by atoms with van der Waals surface area (Å²) in [6, 6.07) is 1.98. The van der Waals surface area contributed by atoms with Crippen LogP contribution in [0.3, 0.4) is 0 Å². The van der Waals surface area contributed by atoms with Crippen LogP contribution >= 0.6 is 21.6 Å². The predicted molar refractivity (Wildman–Crippen MR) is 296 cm³/mol. The summed E-state index contributed by atoms with van der Waals surface area (Å²) in [5, 5.41) is 40.8. The number of amides is 1. The fourth-order valence-electron chi connectivity index (χ4n) is 8.16. The molecule has 0 bridgehead atoms. The zero-order valence-electron chi connectivity index (χ0n) is 55.0. The van der Waals surface area contributed by atoms with Gasteiger partial charge in [-0.1, -0.05) is 38.5 Å². The van der Waals surface area contributed by atoms with E-state index < -0.39 is 250 Å². The van der Waals surface area contributed by atoms with Crippen LogP contribution in [0.25, 0.3) is 0 Å². The van der Waals surface area contributed by atoms with E-state index in [1.807, 2.05) is 32.7 Å². The van der Waals surface area contributed by atoms with E-state index in [2.05, 4.69) is 19.8 Å². The van der Waals surface area contributed by atoms with Crippen LogP contribution in [-0.4, -0.2) is 261 Å². The van der Waals surface area contributed by atoms with Gasteiger partial charge in [0.05, 0.1) is 59.4 Å². The smallest absolute Gasteiger partial charge is 0.439 e. The molecule has 2 saturated heterocycles. The van der Waals surface area contributed by atoms with Crippen molar-refractivity contribution < 1.29 is 217 Å². The van der Waals surface area contributed by atoms with Gasteiger partial charge < -0.3 is 53.9 Å². The molecule has 0 radical (unpaired) electrons. The van der Waals surface area contributed by atoms with E-state index in [9.17, 15) is 189 Å². The van der Waals surface area contributed by atoms with Crippen molar-refractivity contribution in [1.82, 2.24) is 24.4 Å². The van der Waals surface area contributed by atoms with Crippen molar-refractivity contribution in [2.45, 2.75) is 184 Å². The second-order valence-electron chi connectivity index (χ2n) is 21.7. The first-order valence-electron chi connectivity index (χ1n) is 28.9. The summed E-state index contributed by atoms with van der Waals surface area (Å²) in [4.78, 5) is 62.5. The van der Waals surface area contributed by atoms with Gasteiger partial charge in [-0.3, -0.25) is 42.9 Å². The van der Waals surface area contributed by atoms with E-state index in [1.54, 1.807) is 0 Å². The number of alkyl carbamates (subject to hydrolysis) is 1. The molecule has 59 heteroatoms. The van der Waals surface area contributed by atoms with Crippen LogP contribution in [-0.2, 0) is 33.2 Å². The molecule has 2 aliphatic heterocycles. The summed E-state index contributed by atoms with van der Waals surface area (Å²) in [5.74, 6) is -112. The Bertz CT molecular complexity index is 3360. The van der Waals surface area contributed by atoms with Crippen LogP contribution in [0.2, 0.25) is 0 Å². The van der Waals surface area contributed by atoms with Gasteiger partial charge in [-0.15, -0.1) is 0 Å². The maximum absolute atomic E-state index is 14.8. The Balaban J connectivity index is 0.00000433. The topological polar surface area (TPSA) is 284 Å². The van der Waals surface area contributed by atoms with Gasteiger partial charge in [0.2, 0.25) is 5.62 Å². The van der Waals surface area contributed by atoms with Gasteiger partial charge in [0.1, 0.15) is 30.5 Å². The molecule has 7 N–H and O–H groups in total. The number of alkyl halides is 34. The van der Waals surface area contributed by atoms with Crippen molar-refractivity contribution >= 4 is 27.7 Å². The molecule has 1 amide bonds. The average Bonchev–Trinajstić information content (AvgIpc) is 1.09. The molecule has 2 fully saturated rings. The molecule has 8 atom stereocenters. The number of carbonyl (C=O) groups is 1. The van der Waals surface area contributed by atoms with Gasteiger partial charge in [0.15, 0.2) is 18.6 Å². The Labute approximate surface area is 591 Å². The van der Waals surface area contributed by atoms with Gasteiger partial charge in [-0.05, 0) is 10.8 Å². The van der Waals surface area contributed by atoms with E-state index in [0.717, 1.165) is 37.0 Å². The molecule has 2 aliphatic rings. The number of H-pyrrole nitrogens is 2. The van der Waals surface area contributed by atoms with E-state index in [4.69, 9.17) is 28.8 Å². The number of methoxy groups -OCH3 is 1. The molecule has 0 aliphatic carbocycles. The number of nitrogens with zero attached hydrogens (tertiary/aromatic N) is 3. The lowest BCUT2D eigenvalue weighted by Gasteiger charge is -2.43. The van der Waals surface area contributed by atoms with Crippen molar-refractivity contribution in [3.63, 3.8) is 0 Å². The molecule has 642 valence electrons. The Morgan fingerprint density at radius 2 is 0.844 bits per heavy atom. The molecule has 4 rings (SSSR count). The van der Waals surface area contributed by atoms with Gasteiger partial charge >= 0.3 is 113 Å². The number of quaternary nitrogens is 1. The Hall–Kier alpha value is -5.56. The highest BCUT2D eigenvalue weighted by atomic mass is 33.1. The number of ether oxygens (including phenoxy) is 7. The van der Waals surface area contributed by atoms with Gasteiger partial charge in [0.25, 0.3) is 11.1 Å². The van der Waals surface area contributed by atoms with Crippen LogP contribution in [0, 0.1) is 0 Å². The second kappa shape index (κ2) is 36.7. The number of aliphatic hydroxyl groups excluding tert-OH is 4. The summed E-state index contributed by atoms with van der Waals surface area (Å²) in [7, 11) is 0.844. The zero-order valence-corrected chi connectivity index (χ0v) is 56.6. The monoisotopic (exact) mass is 1730 g/mol. The van der Waals surface area contributed by atoms with E-state index in [-0.39, 0.29) is 17.7 Å². The van der Waals surface area contributed by atoms with E-state index >= 15 is 0 Å². The molecule has 22 nitrogen and oxygen atoms in total. The zero-order chi connectivity index (χ0) is 85.4. The molecule has 2 unspecified atom stereocenters. The van der Waals surface area contributed by atoms with Gasteiger partial charge in [-0.2, -0.15) is 149 Å². The Morgan fingerprint density at radius 1 is 0.523 bits per heavy atom. The van der Waals surface area contributed by atoms with Crippen LogP contribution in [0.4, 0.5) is 159 Å². The second-order valence-corrected chi connectivity index (χ2v) is 24.2. The maximum atomic E-state index is 14.8. The lowest BCUT2D eigenvalue weighted by atomic mass is 9.90. The molecule has 109 heavy (non-hydrogen) atoms. The van der Waals surface area contributed by atoms with E-state index in [0.29, 0.717) is 4.57 Å². The summed E-state index contributed by atoms with van der Waals surface area (Å²) in [5.41, 5.74) is -8.64. The van der Waals surface area contributed by atoms with Crippen molar-refractivity contribution in [2.75, 3.05) is 73.0 Å². The highest BCUT2D eigenvalue weighted by Crippen LogP contribution is 2.67. The minimum absolute atomic E-state index is 0. The minimum Gasteiger partial charge on any atom is -0.439 e. The number of aromatic nitrogens is 4. The Morgan fingerprint density at radius 3 is 1.17 bits per heavy atom. The molecule has 0 spiro atoms. The SMILES string of the molecule is CC.CC.CO[C@H]1C(O)[C@@H](CO)O[C@H]1n1ccc(=O)[nH]c1=O.C[N+](C)(CCCOCCNC(=O)O[C@H]1C(O)[C@@H](CO)O[C@H]1n1ccc(=O)[nH]c1=O)CCSSC(OC(F)(F)C(F)(F)C(F)(F)C(F)(F)C(F)(F)C(F)(F)C(F)(F)C(F)(F)F)OC(F)(F)C(F)(F)C(F)(F)C(F)(F)C(F)(F)C(F)(F)C(F)(F)C(F)(F)F.F. The van der Waals surface area contributed by atoms with Crippen molar-refractivity contribution in [2.24, 2.45) is 0 Å². The number of rotatable bonds is 34. The van der Waals surface area contributed by atoms with E-state index in [1.165, 1.54) is 13.3 Å². The lowest BCUT2D eigenvalue weighted by molar-refractivity contribution is -0.888. The van der Waals surface area contributed by atoms with Crippen LogP contribution in [0.5, 0.6) is 0 Å². The molecule has 0 saturated carbocycles. The first-order chi connectivity index (χ1) is 48.5. The average molecular weight is 1730 g/mol. The van der Waals surface area contributed by atoms with Gasteiger partial charge in [-0.25, -0.2) is 14.4 Å². The number of hydrogen-bond acceptors (Lipinski definition) is 18. The third-order valence-electron chi connectivity index (χ3n) is 14.1. The number of halogens is 35. The number of aliphatic hydroxyl groups is 4. The standard InChI is InChI=1S/C36H32F34N4O10S2.C10H14N2O6.2C2H6.FH/c1-74(2,7-3-9-80-10-5-71-19(79)82-16-15(77)13(12-75)81-17(16)73-6-4-14(76)72-18(73)78)8-11-85-86-20(83-35(67,68)31(57,58)27(49,50)23(41,42)21(37,38)25(45,46)29(53,54)33(61,62)63)84-36(69,70)32(59,60)28(51,52)24(43,44)22(39,40)26(47,48)30(55,56)34(64,65)66;1-17-8-7(15)5(4-13)18-9(8)12-3-2-6(14)11-10(12)16;2*1-2;/h4,6,13,15-17,20,75,77H,3,5,7-12H2,1-2H3,(H-,71,72,76,78,79);2-3,5,7-9,13,15H,4H2,1H3,(H,11,14,16);2*1-2H3;1H/p+1/t13-,15?,16+,17-;5-,7?,8+,9-;;;/m11.../s1. The third kappa shape index (κ3) is 20.3. The fraction of sp³-hybridized carbons (Fsp3) is 0.820. The van der Waals surface area contributed by atoms with Crippen LogP contribution in [0.1, 0.15) is 46.6 Å². The molecule has 0 aromatic carbocycles. The first kappa shape index (κ1) is 103. The highest BCUT2D eigenvalue weighted by Gasteiger charge is 2.98. The Kier molecular flexibility index (Phi) is 34.8.